The van der Waals surface area contributed by atoms with E-state index in [1.54, 1.807) is 0 Å². The monoisotopic (exact) mass is 305 g/mol. The van der Waals surface area contributed by atoms with Gasteiger partial charge in [-0.2, -0.15) is 0 Å². The molecular weight excluding hydrogens is 282 g/mol. The maximum atomic E-state index is 6.45. The summed E-state index contributed by atoms with van der Waals surface area (Å²) in [4.78, 5) is 5.83. The number of fused-ring (bicyclic) bond motifs is 1. The van der Waals surface area contributed by atoms with Gasteiger partial charge in [0.25, 0.3) is 0 Å². The van der Waals surface area contributed by atoms with Crippen molar-refractivity contribution in [1.82, 2.24) is 15.2 Å². The molecule has 0 amide bonds. The summed E-state index contributed by atoms with van der Waals surface area (Å²) in [5, 5.41) is 5.56. The largest absolute Gasteiger partial charge is 0.356 e. The van der Waals surface area contributed by atoms with E-state index in [4.69, 9.17) is 11.6 Å². The molecule has 2 N–H and O–H groups in total. The Morgan fingerprint density at radius 3 is 2.71 bits per heavy atom. The molecule has 1 saturated heterocycles. The lowest BCUT2D eigenvalue weighted by atomic mass is 9.80. The van der Waals surface area contributed by atoms with Crippen molar-refractivity contribution in [2.45, 2.75) is 26.3 Å². The van der Waals surface area contributed by atoms with Gasteiger partial charge < -0.3 is 15.2 Å². The molecule has 3 rings (SSSR count). The molecule has 21 heavy (non-hydrogen) atoms. The number of likely N-dealkylation sites (tertiary alicyclic amines) is 1. The molecule has 1 aliphatic rings. The number of benzene rings is 1. The van der Waals surface area contributed by atoms with Crippen molar-refractivity contribution in [3.05, 3.63) is 35.0 Å². The number of aromatic amines is 1. The van der Waals surface area contributed by atoms with E-state index >= 15 is 0 Å². The maximum absolute atomic E-state index is 6.45. The topological polar surface area (TPSA) is 31.1 Å². The van der Waals surface area contributed by atoms with Crippen LogP contribution in [0.5, 0.6) is 0 Å². The van der Waals surface area contributed by atoms with Crippen LogP contribution in [-0.2, 0) is 6.54 Å². The minimum absolute atomic E-state index is 0.408. The number of nitrogens with one attached hydrogen (secondary N) is 2. The summed E-state index contributed by atoms with van der Waals surface area (Å²) in [6.45, 7) is 6.64. The average Bonchev–Trinajstić information content (AvgIpc) is 2.80. The van der Waals surface area contributed by atoms with E-state index in [1.807, 2.05) is 12.1 Å². The van der Waals surface area contributed by atoms with E-state index in [2.05, 4.69) is 41.3 Å². The van der Waals surface area contributed by atoms with Crippen molar-refractivity contribution in [2.75, 3.05) is 26.7 Å². The molecule has 0 spiro atoms. The van der Waals surface area contributed by atoms with Crippen molar-refractivity contribution >= 4 is 22.5 Å². The summed E-state index contributed by atoms with van der Waals surface area (Å²) in [6.07, 6.45) is 2.52. The second-order valence-corrected chi connectivity index (χ2v) is 7.06. The maximum Gasteiger partial charge on any atom is 0.0705 e. The molecule has 114 valence electrons. The molecule has 2 heterocycles. The van der Waals surface area contributed by atoms with Gasteiger partial charge in [-0.05, 0) is 44.5 Å². The van der Waals surface area contributed by atoms with Gasteiger partial charge in [0.1, 0.15) is 0 Å². The van der Waals surface area contributed by atoms with E-state index in [9.17, 15) is 0 Å². The highest BCUT2D eigenvalue weighted by molar-refractivity contribution is 6.36. The molecule has 1 aromatic heterocycles. The van der Waals surface area contributed by atoms with Gasteiger partial charge in [-0.3, -0.25) is 0 Å². The molecule has 1 fully saturated rings. The highest BCUT2D eigenvalue weighted by Gasteiger charge is 2.28. The Morgan fingerprint density at radius 2 is 2.00 bits per heavy atom. The predicted octanol–water partition coefficient (Wildman–Crippen LogP) is 3.64. The number of halogens is 1. The Balaban J connectivity index is 1.60. The van der Waals surface area contributed by atoms with Crippen molar-refractivity contribution in [3.63, 3.8) is 0 Å². The summed E-state index contributed by atoms with van der Waals surface area (Å²) in [5.41, 5.74) is 2.62. The van der Waals surface area contributed by atoms with Gasteiger partial charge in [0.2, 0.25) is 0 Å². The van der Waals surface area contributed by atoms with Crippen LogP contribution < -0.4 is 5.32 Å². The highest BCUT2D eigenvalue weighted by atomic mass is 35.5. The van der Waals surface area contributed by atoms with Crippen LogP contribution in [0.2, 0.25) is 5.02 Å². The Hall–Kier alpha value is -1.03. The third-order valence-corrected chi connectivity index (χ3v) is 5.19. The number of rotatable bonds is 4. The smallest absolute Gasteiger partial charge is 0.0705 e. The molecule has 0 bridgehead atoms. The number of hydrogen-bond donors (Lipinski definition) is 2. The summed E-state index contributed by atoms with van der Waals surface area (Å²) in [6, 6.07) is 8.20. The predicted molar refractivity (Wildman–Crippen MR) is 89.9 cm³/mol. The van der Waals surface area contributed by atoms with Gasteiger partial charge in [-0.15, -0.1) is 0 Å². The molecular formula is C17H24ClN3. The standard InChI is InChI=1S/C17H24ClN3/c1-17(7-9-21(2)10-8-17)12-19-11-15-16(18)13-5-3-4-6-14(13)20-15/h3-6,19-20H,7-12H2,1-2H3. The number of aromatic nitrogens is 1. The molecule has 0 aliphatic carbocycles. The second kappa shape index (κ2) is 5.99. The lowest BCUT2D eigenvalue weighted by Crippen LogP contribution is -2.41. The van der Waals surface area contributed by atoms with Crippen LogP contribution in [0.25, 0.3) is 10.9 Å². The van der Waals surface area contributed by atoms with Crippen LogP contribution in [0.4, 0.5) is 0 Å². The zero-order chi connectivity index (χ0) is 14.9. The van der Waals surface area contributed by atoms with E-state index in [0.29, 0.717) is 5.41 Å². The van der Waals surface area contributed by atoms with Crippen LogP contribution in [0.3, 0.4) is 0 Å². The number of piperidine rings is 1. The van der Waals surface area contributed by atoms with Crippen molar-refractivity contribution in [2.24, 2.45) is 5.41 Å². The number of H-pyrrole nitrogens is 1. The summed E-state index contributed by atoms with van der Waals surface area (Å²) in [5.74, 6) is 0. The van der Waals surface area contributed by atoms with E-state index in [-0.39, 0.29) is 0 Å². The number of hydrogen-bond acceptors (Lipinski definition) is 2. The number of para-hydroxylation sites is 1. The molecule has 2 aromatic rings. The average molecular weight is 306 g/mol. The Labute approximate surface area is 131 Å². The third kappa shape index (κ3) is 3.25. The van der Waals surface area contributed by atoms with Gasteiger partial charge >= 0.3 is 0 Å². The molecule has 0 radical (unpaired) electrons. The molecule has 0 unspecified atom stereocenters. The Bertz CT molecular complexity index is 612. The van der Waals surface area contributed by atoms with Crippen LogP contribution >= 0.6 is 11.6 Å². The molecule has 3 nitrogen and oxygen atoms in total. The van der Waals surface area contributed by atoms with E-state index < -0.39 is 0 Å². The van der Waals surface area contributed by atoms with Crippen molar-refractivity contribution < 1.29 is 0 Å². The van der Waals surface area contributed by atoms with Crippen LogP contribution in [0.1, 0.15) is 25.5 Å². The van der Waals surface area contributed by atoms with Gasteiger partial charge in [-0.25, -0.2) is 0 Å². The third-order valence-electron chi connectivity index (χ3n) is 4.76. The Morgan fingerprint density at radius 1 is 1.29 bits per heavy atom. The molecule has 0 saturated carbocycles. The van der Waals surface area contributed by atoms with Gasteiger partial charge in [0.15, 0.2) is 0 Å². The van der Waals surface area contributed by atoms with Gasteiger partial charge in [0.05, 0.1) is 5.02 Å². The lowest BCUT2D eigenvalue weighted by Gasteiger charge is -2.38. The van der Waals surface area contributed by atoms with Crippen molar-refractivity contribution in [1.29, 1.82) is 0 Å². The zero-order valence-corrected chi connectivity index (χ0v) is 13.6. The molecule has 4 heteroatoms. The summed E-state index contributed by atoms with van der Waals surface area (Å²) in [7, 11) is 2.21. The molecule has 1 aliphatic heterocycles. The summed E-state index contributed by atoms with van der Waals surface area (Å²) < 4.78 is 0. The first kappa shape index (κ1) is 14.9. The van der Waals surface area contributed by atoms with Crippen molar-refractivity contribution in [3.8, 4) is 0 Å². The fourth-order valence-corrected chi connectivity index (χ4v) is 3.39. The van der Waals surface area contributed by atoms with Crippen LogP contribution in [0.15, 0.2) is 24.3 Å². The van der Waals surface area contributed by atoms with Crippen LogP contribution in [-0.4, -0.2) is 36.6 Å². The zero-order valence-electron chi connectivity index (χ0n) is 12.9. The lowest BCUT2D eigenvalue weighted by molar-refractivity contribution is 0.136. The normalized spacial score (nSPS) is 19.2. The Kier molecular flexibility index (Phi) is 4.25. The summed E-state index contributed by atoms with van der Waals surface area (Å²) >= 11 is 6.45. The first-order valence-corrected chi connectivity index (χ1v) is 8.10. The molecule has 0 atom stereocenters. The quantitative estimate of drug-likeness (QED) is 0.903. The first-order chi connectivity index (χ1) is 10.1. The van der Waals surface area contributed by atoms with Gasteiger partial charge in [0, 0.05) is 29.7 Å². The fourth-order valence-electron chi connectivity index (χ4n) is 3.11. The fraction of sp³-hybridized carbons (Fsp3) is 0.529. The molecule has 1 aromatic carbocycles. The SMILES string of the molecule is CN1CCC(C)(CNCc2[nH]c3ccccc3c2Cl)CC1. The highest BCUT2D eigenvalue weighted by Crippen LogP contribution is 2.30. The minimum atomic E-state index is 0.408. The van der Waals surface area contributed by atoms with E-state index in [0.717, 1.165) is 34.7 Å². The number of nitrogens with zero attached hydrogens (tertiary/aromatic N) is 1. The van der Waals surface area contributed by atoms with Gasteiger partial charge in [-0.1, -0.05) is 36.7 Å². The van der Waals surface area contributed by atoms with Crippen LogP contribution in [0, 0.1) is 5.41 Å². The minimum Gasteiger partial charge on any atom is -0.356 e. The second-order valence-electron chi connectivity index (χ2n) is 6.68. The first-order valence-electron chi connectivity index (χ1n) is 7.72. The van der Waals surface area contributed by atoms with E-state index in [1.165, 1.54) is 25.9 Å².